The number of aromatic nitrogens is 1. The van der Waals surface area contributed by atoms with E-state index in [4.69, 9.17) is 0 Å². The molecule has 2 heterocycles. The summed E-state index contributed by atoms with van der Waals surface area (Å²) in [4.78, 5) is 0. The molecule has 0 unspecified atom stereocenters. The van der Waals surface area contributed by atoms with Gasteiger partial charge in [-0.1, -0.05) is 109 Å². The van der Waals surface area contributed by atoms with Crippen LogP contribution >= 0.6 is 11.3 Å². The van der Waals surface area contributed by atoms with Crippen LogP contribution in [0, 0.1) is 0 Å². The molecule has 0 aliphatic heterocycles. The Morgan fingerprint density at radius 1 is 0.429 bits per heavy atom. The van der Waals surface area contributed by atoms with Crippen LogP contribution in [-0.4, -0.2) is 4.57 Å². The van der Waals surface area contributed by atoms with Crippen molar-refractivity contribution in [2.24, 2.45) is 0 Å². The highest BCUT2D eigenvalue weighted by molar-refractivity contribution is 7.26. The first-order valence-corrected chi connectivity index (χ1v) is 15.2. The fourth-order valence-electron chi connectivity index (χ4n) is 6.66. The van der Waals surface area contributed by atoms with Crippen molar-refractivity contribution in [1.29, 1.82) is 0 Å². The van der Waals surface area contributed by atoms with Crippen LogP contribution in [-0.2, 0) is 0 Å². The summed E-state index contributed by atoms with van der Waals surface area (Å²) in [5, 5.41) is 7.82. The normalized spacial score (nSPS) is 11.8. The second-order valence-electron chi connectivity index (χ2n) is 10.9. The zero-order chi connectivity index (χ0) is 27.6. The lowest BCUT2D eigenvalue weighted by Gasteiger charge is -2.12. The van der Waals surface area contributed by atoms with E-state index in [-0.39, 0.29) is 0 Å². The molecule has 0 saturated heterocycles. The van der Waals surface area contributed by atoms with Crippen molar-refractivity contribution in [3.63, 3.8) is 0 Å². The van der Waals surface area contributed by atoms with Crippen molar-refractivity contribution in [1.82, 2.24) is 4.57 Å². The number of hydrogen-bond donors (Lipinski definition) is 0. The Balaban J connectivity index is 1.44. The summed E-state index contributed by atoms with van der Waals surface area (Å²) < 4.78 is 5.10. The molecule has 0 N–H and O–H groups in total. The molecule has 7 aromatic carbocycles. The first-order valence-electron chi connectivity index (χ1n) is 14.4. The maximum Gasteiger partial charge on any atom is 0.0626 e. The van der Waals surface area contributed by atoms with Crippen molar-refractivity contribution < 1.29 is 0 Å². The van der Waals surface area contributed by atoms with Crippen molar-refractivity contribution >= 4 is 64.1 Å². The Labute approximate surface area is 247 Å². The number of rotatable bonds is 3. The van der Waals surface area contributed by atoms with Crippen LogP contribution < -0.4 is 0 Å². The number of para-hydroxylation sites is 2. The molecule has 0 amide bonds. The zero-order valence-corrected chi connectivity index (χ0v) is 23.6. The highest BCUT2D eigenvalue weighted by Gasteiger charge is 2.22. The Morgan fingerprint density at radius 3 is 1.98 bits per heavy atom. The first kappa shape index (κ1) is 23.5. The minimum atomic E-state index is 1.18. The lowest BCUT2D eigenvalue weighted by Crippen LogP contribution is -1.95. The van der Waals surface area contributed by atoms with Gasteiger partial charge in [0.1, 0.15) is 0 Å². The Hall–Kier alpha value is -5.18. The van der Waals surface area contributed by atoms with Crippen LogP contribution in [0.5, 0.6) is 0 Å². The molecule has 0 saturated carbocycles. The molecule has 9 rings (SSSR count). The molecule has 42 heavy (non-hydrogen) atoms. The summed E-state index contributed by atoms with van der Waals surface area (Å²) in [6.07, 6.45) is 0. The van der Waals surface area contributed by atoms with Crippen LogP contribution in [0.4, 0.5) is 0 Å². The largest absolute Gasteiger partial charge is 0.309 e. The molecule has 196 valence electrons. The first-order chi connectivity index (χ1) is 20.8. The molecular weight excluding hydrogens is 527 g/mol. The maximum absolute atomic E-state index is 2.46. The molecule has 0 spiro atoms. The Bertz CT molecular complexity index is 2450. The van der Waals surface area contributed by atoms with Gasteiger partial charge in [0.2, 0.25) is 0 Å². The quantitative estimate of drug-likeness (QED) is 0.206. The van der Waals surface area contributed by atoms with E-state index < -0.39 is 0 Å². The molecule has 2 aromatic heterocycles. The molecule has 2 heteroatoms. The molecule has 0 atom stereocenters. The second-order valence-corrected chi connectivity index (χ2v) is 12.0. The van der Waals surface area contributed by atoms with E-state index in [0.717, 1.165) is 0 Å². The van der Waals surface area contributed by atoms with Crippen LogP contribution in [0.15, 0.2) is 152 Å². The third-order valence-electron chi connectivity index (χ3n) is 8.55. The van der Waals surface area contributed by atoms with Gasteiger partial charge in [-0.25, -0.2) is 0 Å². The van der Waals surface area contributed by atoms with Crippen molar-refractivity contribution in [3.8, 4) is 27.9 Å². The summed E-state index contributed by atoms with van der Waals surface area (Å²) in [6.45, 7) is 0. The molecular formula is C40H25NS. The number of fused-ring (bicyclic) bond motifs is 8. The van der Waals surface area contributed by atoms with Gasteiger partial charge in [-0.3, -0.25) is 0 Å². The summed E-state index contributed by atoms with van der Waals surface area (Å²) in [6, 6.07) is 55.4. The van der Waals surface area contributed by atoms with E-state index >= 15 is 0 Å². The van der Waals surface area contributed by atoms with Crippen molar-refractivity contribution in [2.45, 2.75) is 0 Å². The third kappa shape index (κ3) is 3.49. The lowest BCUT2D eigenvalue weighted by molar-refractivity contribution is 1.18. The maximum atomic E-state index is 2.46. The minimum Gasteiger partial charge on any atom is -0.309 e. The van der Waals surface area contributed by atoms with Crippen molar-refractivity contribution in [3.05, 3.63) is 152 Å². The van der Waals surface area contributed by atoms with E-state index in [1.807, 2.05) is 11.3 Å². The van der Waals surface area contributed by atoms with E-state index in [9.17, 15) is 0 Å². The zero-order valence-electron chi connectivity index (χ0n) is 22.8. The van der Waals surface area contributed by atoms with Gasteiger partial charge >= 0.3 is 0 Å². The lowest BCUT2D eigenvalue weighted by atomic mass is 9.96. The number of benzene rings is 7. The van der Waals surface area contributed by atoms with Gasteiger partial charge in [0.25, 0.3) is 0 Å². The second kappa shape index (κ2) is 9.17. The van der Waals surface area contributed by atoms with Gasteiger partial charge in [-0.05, 0) is 69.9 Å². The monoisotopic (exact) mass is 551 g/mol. The summed E-state index contributed by atoms with van der Waals surface area (Å²) in [5.41, 5.74) is 8.67. The molecule has 0 radical (unpaired) electrons. The Kier molecular flexibility index (Phi) is 5.13. The van der Waals surface area contributed by atoms with Crippen LogP contribution in [0.1, 0.15) is 0 Å². The van der Waals surface area contributed by atoms with Gasteiger partial charge in [0.15, 0.2) is 0 Å². The van der Waals surface area contributed by atoms with Gasteiger partial charge in [-0.2, -0.15) is 0 Å². The fraction of sp³-hybridized carbons (Fsp3) is 0. The molecule has 9 aromatic rings. The van der Waals surface area contributed by atoms with Crippen LogP contribution in [0.3, 0.4) is 0 Å². The van der Waals surface area contributed by atoms with Gasteiger partial charge < -0.3 is 4.57 Å². The highest BCUT2D eigenvalue weighted by Crippen LogP contribution is 2.48. The van der Waals surface area contributed by atoms with Crippen LogP contribution in [0.25, 0.3) is 80.7 Å². The summed E-state index contributed by atoms with van der Waals surface area (Å²) >= 11 is 1.90. The molecule has 1 nitrogen and oxygen atoms in total. The number of hydrogen-bond acceptors (Lipinski definition) is 1. The van der Waals surface area contributed by atoms with Gasteiger partial charge in [0, 0.05) is 42.2 Å². The molecule has 0 bridgehead atoms. The minimum absolute atomic E-state index is 1.18. The third-order valence-corrected chi connectivity index (χ3v) is 9.67. The smallest absolute Gasteiger partial charge is 0.0626 e. The fourth-order valence-corrected chi connectivity index (χ4v) is 7.79. The number of nitrogens with zero attached hydrogens (tertiary/aromatic N) is 1. The van der Waals surface area contributed by atoms with Crippen LogP contribution in [0.2, 0.25) is 0 Å². The topological polar surface area (TPSA) is 4.93 Å². The average Bonchev–Trinajstić information content (AvgIpc) is 3.60. The Morgan fingerprint density at radius 2 is 1.12 bits per heavy atom. The highest BCUT2D eigenvalue weighted by atomic mass is 32.1. The van der Waals surface area contributed by atoms with E-state index in [2.05, 4.69) is 156 Å². The molecule has 0 aliphatic carbocycles. The summed E-state index contributed by atoms with van der Waals surface area (Å²) in [7, 11) is 0. The van der Waals surface area contributed by atoms with E-state index in [0.29, 0.717) is 0 Å². The van der Waals surface area contributed by atoms with Gasteiger partial charge in [-0.15, -0.1) is 11.3 Å². The van der Waals surface area contributed by atoms with Crippen molar-refractivity contribution in [2.75, 3.05) is 0 Å². The summed E-state index contributed by atoms with van der Waals surface area (Å²) in [5.74, 6) is 0. The van der Waals surface area contributed by atoms with E-state index in [1.54, 1.807) is 0 Å². The average molecular weight is 552 g/mol. The standard InChI is InChI=1S/C40H25NS/c1-3-12-27(13-4-1)33-25-37-38(39-32-17-9-10-18-35(32)41(40(33)39)31-15-5-2-6-16-31)34-24-30(21-22-36(34)42-37)29-20-19-26-11-7-8-14-28(26)23-29/h1-25H. The SMILES string of the molecule is c1ccc(-c2cc3sc4ccc(-c5ccc6ccccc6c5)cc4c3c3c4ccccc4n(-c4ccccc4)c23)cc1. The number of thiophene rings is 1. The molecule has 0 fully saturated rings. The van der Waals surface area contributed by atoms with E-state index in [1.165, 1.54) is 80.7 Å². The predicted octanol–water partition coefficient (Wildman–Crippen LogP) is 11.6. The molecule has 0 aliphatic rings. The van der Waals surface area contributed by atoms with Gasteiger partial charge in [0.05, 0.1) is 11.0 Å². The predicted molar refractivity (Wildman–Crippen MR) is 182 cm³/mol.